The molecule has 4 nitrogen and oxygen atoms in total. The van der Waals surface area contributed by atoms with E-state index in [0.717, 1.165) is 12.3 Å². The Balaban J connectivity index is 2.40. The lowest BCUT2D eigenvalue weighted by Gasteiger charge is -2.15. The summed E-state index contributed by atoms with van der Waals surface area (Å²) in [5.74, 6) is 0.00553. The van der Waals surface area contributed by atoms with Gasteiger partial charge in [0.25, 0.3) is 6.29 Å². The number of carbonyl (C=O) groups excluding carboxylic acids is 1. The van der Waals surface area contributed by atoms with Gasteiger partial charge in [-0.1, -0.05) is 19.4 Å². The van der Waals surface area contributed by atoms with Crippen molar-refractivity contribution in [1.29, 1.82) is 0 Å². The monoisotopic (exact) mass is 298 g/mol. The Labute approximate surface area is 118 Å². The van der Waals surface area contributed by atoms with Crippen molar-refractivity contribution in [2.45, 2.75) is 25.9 Å². The summed E-state index contributed by atoms with van der Waals surface area (Å²) in [4.78, 5) is 14.0. The van der Waals surface area contributed by atoms with Crippen molar-refractivity contribution in [3.8, 4) is 11.8 Å². The van der Waals surface area contributed by atoms with Gasteiger partial charge in [0.2, 0.25) is 0 Å². The van der Waals surface area contributed by atoms with Crippen molar-refractivity contribution >= 4 is 6.29 Å². The summed E-state index contributed by atoms with van der Waals surface area (Å²) in [6, 6.07) is 3.64. The number of hydrogen-bond acceptors (Lipinski definition) is 4. The summed E-state index contributed by atoms with van der Waals surface area (Å²) in [6.07, 6.45) is -1.56. The first-order valence-corrected chi connectivity index (χ1v) is 6.16. The van der Waals surface area contributed by atoms with E-state index in [2.05, 4.69) is 4.98 Å². The van der Waals surface area contributed by atoms with Crippen LogP contribution in [0.2, 0.25) is 0 Å². The number of rotatable bonds is 5. The molecule has 0 spiro atoms. The zero-order chi connectivity index (χ0) is 15.5. The lowest BCUT2D eigenvalue weighted by Crippen LogP contribution is -2.10. The van der Waals surface area contributed by atoms with Gasteiger partial charge in [0, 0.05) is 5.56 Å². The Morgan fingerprint density at radius 1 is 1.38 bits per heavy atom. The molecule has 0 aliphatic rings. The summed E-state index contributed by atoms with van der Waals surface area (Å²) in [5, 5.41) is 0. The molecule has 2 aromatic rings. The zero-order valence-corrected chi connectivity index (χ0v) is 11.0. The molecule has 0 saturated carbocycles. The first kappa shape index (κ1) is 15.1. The Bertz CT molecular complexity index is 635. The third-order valence-corrected chi connectivity index (χ3v) is 2.72. The summed E-state index contributed by atoms with van der Waals surface area (Å²) in [5.41, 5.74) is -0.841. The molecule has 0 unspecified atom stereocenters. The van der Waals surface area contributed by atoms with Gasteiger partial charge in [-0.05, 0) is 18.6 Å². The fourth-order valence-corrected chi connectivity index (χ4v) is 1.88. The van der Waals surface area contributed by atoms with Gasteiger partial charge in [0.1, 0.15) is 12.0 Å². The van der Waals surface area contributed by atoms with Crippen LogP contribution in [0.4, 0.5) is 13.2 Å². The van der Waals surface area contributed by atoms with E-state index in [4.69, 9.17) is 9.15 Å². The predicted octanol–water partition coefficient (Wildman–Crippen LogP) is 3.90. The zero-order valence-electron chi connectivity index (χ0n) is 11.0. The molecule has 0 bridgehead atoms. The molecule has 0 fully saturated rings. The second-order valence-corrected chi connectivity index (χ2v) is 4.23. The van der Waals surface area contributed by atoms with E-state index in [1.54, 1.807) is 6.92 Å². The molecule has 0 amide bonds. The molecule has 0 saturated heterocycles. The van der Waals surface area contributed by atoms with Gasteiger partial charge in [0.15, 0.2) is 5.69 Å². The SMILES string of the molecule is CCCc1c(Oc2nc([C]=O)co2)cccc1C(F)(F)F. The van der Waals surface area contributed by atoms with E-state index >= 15 is 0 Å². The summed E-state index contributed by atoms with van der Waals surface area (Å²) in [7, 11) is 0. The molecule has 1 aromatic heterocycles. The maximum atomic E-state index is 13.0. The van der Waals surface area contributed by atoms with Crippen molar-refractivity contribution in [2.24, 2.45) is 0 Å². The summed E-state index contributed by atoms with van der Waals surface area (Å²) >= 11 is 0. The number of ether oxygens (including phenoxy) is 1. The van der Waals surface area contributed by atoms with Gasteiger partial charge < -0.3 is 9.15 Å². The fraction of sp³-hybridized carbons (Fsp3) is 0.286. The first-order chi connectivity index (χ1) is 9.95. The van der Waals surface area contributed by atoms with Gasteiger partial charge in [-0.3, -0.25) is 4.79 Å². The van der Waals surface area contributed by atoms with Crippen LogP contribution in [0.1, 0.15) is 30.2 Å². The molecule has 7 heteroatoms. The van der Waals surface area contributed by atoms with Crippen LogP contribution >= 0.6 is 0 Å². The first-order valence-electron chi connectivity index (χ1n) is 6.16. The van der Waals surface area contributed by atoms with Crippen molar-refractivity contribution in [3.63, 3.8) is 0 Å². The average molecular weight is 298 g/mol. The lowest BCUT2D eigenvalue weighted by atomic mass is 10.0. The van der Waals surface area contributed by atoms with Crippen LogP contribution in [-0.4, -0.2) is 11.3 Å². The number of aromatic nitrogens is 1. The molecule has 1 radical (unpaired) electrons. The van der Waals surface area contributed by atoms with E-state index in [9.17, 15) is 18.0 Å². The molecule has 0 aliphatic carbocycles. The Morgan fingerprint density at radius 2 is 2.14 bits per heavy atom. The second kappa shape index (κ2) is 5.99. The van der Waals surface area contributed by atoms with E-state index < -0.39 is 11.7 Å². The third-order valence-electron chi connectivity index (χ3n) is 2.72. The lowest BCUT2D eigenvalue weighted by molar-refractivity contribution is -0.138. The molecule has 1 aromatic carbocycles. The molecule has 1 heterocycles. The molecule has 0 N–H and O–H groups in total. The number of nitrogens with zero attached hydrogens (tertiary/aromatic N) is 1. The topological polar surface area (TPSA) is 52.3 Å². The average Bonchev–Trinajstić information content (AvgIpc) is 2.87. The number of benzene rings is 1. The van der Waals surface area contributed by atoms with Gasteiger partial charge >= 0.3 is 12.3 Å². The van der Waals surface area contributed by atoms with Crippen LogP contribution in [0.3, 0.4) is 0 Å². The number of halogens is 3. The molecule has 111 valence electrons. The Morgan fingerprint density at radius 3 is 2.71 bits per heavy atom. The van der Waals surface area contributed by atoms with Crippen molar-refractivity contribution in [2.75, 3.05) is 0 Å². The summed E-state index contributed by atoms with van der Waals surface area (Å²) in [6.45, 7) is 1.77. The van der Waals surface area contributed by atoms with E-state index in [-0.39, 0.29) is 29.5 Å². The molecule has 0 atom stereocenters. The van der Waals surface area contributed by atoms with Crippen LogP contribution < -0.4 is 4.74 Å². The quantitative estimate of drug-likeness (QED) is 0.840. The van der Waals surface area contributed by atoms with Crippen LogP contribution in [0.15, 0.2) is 28.9 Å². The second-order valence-electron chi connectivity index (χ2n) is 4.23. The highest BCUT2D eigenvalue weighted by atomic mass is 19.4. The number of hydrogen-bond donors (Lipinski definition) is 0. The number of alkyl halides is 3. The largest absolute Gasteiger partial charge is 0.416 e. The van der Waals surface area contributed by atoms with Crippen LogP contribution in [0, 0.1) is 0 Å². The maximum absolute atomic E-state index is 13.0. The Kier molecular flexibility index (Phi) is 4.30. The molecule has 2 rings (SSSR count). The molecule has 21 heavy (non-hydrogen) atoms. The predicted molar refractivity (Wildman–Crippen MR) is 66.8 cm³/mol. The van der Waals surface area contributed by atoms with Gasteiger partial charge in [-0.2, -0.15) is 18.2 Å². The maximum Gasteiger partial charge on any atom is 0.416 e. The van der Waals surface area contributed by atoms with E-state index in [1.165, 1.54) is 18.4 Å². The van der Waals surface area contributed by atoms with Crippen molar-refractivity contribution < 1.29 is 27.1 Å². The smallest absolute Gasteiger partial charge is 0.416 e. The van der Waals surface area contributed by atoms with Gasteiger partial charge in [-0.15, -0.1) is 0 Å². The standard InChI is InChI=1S/C14H11F3NO3/c1-2-4-10-11(14(15,16)17)5-3-6-12(10)21-13-18-9(7-19)8-20-13/h3,5-6,8H,2,4H2,1H3. The van der Waals surface area contributed by atoms with Gasteiger partial charge in [-0.25, -0.2) is 0 Å². The van der Waals surface area contributed by atoms with Crippen LogP contribution in [0.5, 0.6) is 11.8 Å². The minimum atomic E-state index is -4.47. The number of oxazole rings is 1. The third kappa shape index (κ3) is 3.42. The molecular formula is C14H11F3NO3. The highest BCUT2D eigenvalue weighted by Gasteiger charge is 2.34. The molecular weight excluding hydrogens is 287 g/mol. The highest BCUT2D eigenvalue weighted by Crippen LogP contribution is 2.37. The van der Waals surface area contributed by atoms with Crippen LogP contribution in [-0.2, 0) is 17.4 Å². The summed E-state index contributed by atoms with van der Waals surface area (Å²) < 4.78 is 49.1. The minimum absolute atomic E-state index is 0.00553. The fourth-order valence-electron chi connectivity index (χ4n) is 1.88. The van der Waals surface area contributed by atoms with E-state index in [1.807, 2.05) is 0 Å². The van der Waals surface area contributed by atoms with Crippen LogP contribution in [0.25, 0.3) is 0 Å². The van der Waals surface area contributed by atoms with Gasteiger partial charge in [0.05, 0.1) is 5.56 Å². The molecule has 0 aliphatic heterocycles. The van der Waals surface area contributed by atoms with Crippen molar-refractivity contribution in [1.82, 2.24) is 4.98 Å². The van der Waals surface area contributed by atoms with Crippen molar-refractivity contribution in [3.05, 3.63) is 41.3 Å². The minimum Gasteiger partial charge on any atom is -0.416 e. The Hall–Kier alpha value is -2.31. The van der Waals surface area contributed by atoms with E-state index in [0.29, 0.717) is 6.42 Å². The normalized spacial score (nSPS) is 11.4. The highest BCUT2D eigenvalue weighted by molar-refractivity contribution is 5.71.